The molecule has 0 aliphatic heterocycles. The monoisotopic (exact) mass is 235 g/mol. The van der Waals surface area contributed by atoms with Gasteiger partial charge < -0.3 is 10.1 Å². The summed E-state index contributed by atoms with van der Waals surface area (Å²) >= 11 is 0. The van der Waals surface area contributed by atoms with Crippen LogP contribution in [0.25, 0.3) is 0 Å². The van der Waals surface area contributed by atoms with Crippen LogP contribution in [0.5, 0.6) is 0 Å². The van der Waals surface area contributed by atoms with Gasteiger partial charge in [0.05, 0.1) is 6.61 Å². The minimum atomic E-state index is -0.0997. The topological polar surface area (TPSA) is 38.3 Å². The van der Waals surface area contributed by atoms with Crippen molar-refractivity contribution in [2.45, 2.75) is 26.2 Å². The number of hydrogen-bond donors (Lipinski definition) is 1. The van der Waals surface area contributed by atoms with Crippen LogP contribution in [0.15, 0.2) is 30.3 Å². The molecule has 17 heavy (non-hydrogen) atoms. The lowest BCUT2D eigenvalue weighted by molar-refractivity contribution is -0.143. The molecular formula is C14H21NO2. The molecule has 0 fully saturated rings. The minimum absolute atomic E-state index is 0.0997. The molecule has 0 amide bonds. The van der Waals surface area contributed by atoms with Crippen molar-refractivity contribution in [3.05, 3.63) is 35.9 Å². The predicted octanol–water partition coefficient (Wildman–Crippen LogP) is 2.16. The number of ether oxygens (including phenoxy) is 1. The van der Waals surface area contributed by atoms with Crippen molar-refractivity contribution in [1.29, 1.82) is 0 Å². The highest BCUT2D eigenvalue weighted by molar-refractivity contribution is 5.69. The maximum atomic E-state index is 11.0. The van der Waals surface area contributed by atoms with E-state index in [0.717, 1.165) is 25.9 Å². The minimum Gasteiger partial charge on any atom is -0.466 e. The van der Waals surface area contributed by atoms with Gasteiger partial charge in [0.25, 0.3) is 0 Å². The summed E-state index contributed by atoms with van der Waals surface area (Å²) in [7, 11) is 0. The third-order valence-electron chi connectivity index (χ3n) is 2.47. The Balaban J connectivity index is 1.96. The second-order valence-electron chi connectivity index (χ2n) is 3.89. The average molecular weight is 235 g/mol. The van der Waals surface area contributed by atoms with Crippen LogP contribution in [-0.4, -0.2) is 25.7 Å². The molecule has 1 N–H and O–H groups in total. The Hall–Kier alpha value is -1.35. The smallest absolute Gasteiger partial charge is 0.305 e. The number of rotatable bonds is 8. The first-order chi connectivity index (χ1) is 8.33. The molecule has 0 aliphatic carbocycles. The van der Waals surface area contributed by atoms with Gasteiger partial charge in [0.1, 0.15) is 0 Å². The summed E-state index contributed by atoms with van der Waals surface area (Å²) in [6.45, 7) is 4.12. The zero-order chi connectivity index (χ0) is 12.3. The quantitative estimate of drug-likeness (QED) is 0.554. The Bertz CT molecular complexity index is 311. The fraction of sp³-hybridized carbons (Fsp3) is 0.500. The van der Waals surface area contributed by atoms with Gasteiger partial charge in [-0.2, -0.15) is 0 Å². The molecule has 1 aromatic rings. The summed E-state index contributed by atoms with van der Waals surface area (Å²) in [6, 6.07) is 10.4. The Morgan fingerprint density at radius 1 is 1.24 bits per heavy atom. The molecule has 3 nitrogen and oxygen atoms in total. The summed E-state index contributed by atoms with van der Waals surface area (Å²) in [5.74, 6) is -0.0997. The SMILES string of the molecule is CCOC(=O)CCCNCCc1ccccc1. The van der Waals surface area contributed by atoms with Crippen molar-refractivity contribution in [2.75, 3.05) is 19.7 Å². The first kappa shape index (κ1) is 13.7. The van der Waals surface area contributed by atoms with E-state index in [1.807, 2.05) is 13.0 Å². The van der Waals surface area contributed by atoms with Crippen LogP contribution in [0.4, 0.5) is 0 Å². The maximum absolute atomic E-state index is 11.0. The molecule has 1 rings (SSSR count). The van der Waals surface area contributed by atoms with Gasteiger partial charge in [-0.25, -0.2) is 0 Å². The van der Waals surface area contributed by atoms with E-state index in [9.17, 15) is 4.79 Å². The average Bonchev–Trinajstić information content (AvgIpc) is 2.35. The molecule has 3 heteroatoms. The first-order valence-corrected chi connectivity index (χ1v) is 6.23. The lowest BCUT2D eigenvalue weighted by Gasteiger charge is -2.05. The summed E-state index contributed by atoms with van der Waals surface area (Å²) in [4.78, 5) is 11.0. The van der Waals surface area contributed by atoms with Crippen LogP contribution < -0.4 is 5.32 Å². The normalized spacial score (nSPS) is 10.2. The maximum Gasteiger partial charge on any atom is 0.305 e. The molecule has 0 bridgehead atoms. The Morgan fingerprint density at radius 3 is 2.71 bits per heavy atom. The molecule has 0 unspecified atom stereocenters. The molecule has 0 atom stereocenters. The van der Waals surface area contributed by atoms with Crippen LogP contribution in [0.3, 0.4) is 0 Å². The van der Waals surface area contributed by atoms with Crippen molar-refractivity contribution in [3.63, 3.8) is 0 Å². The van der Waals surface area contributed by atoms with Gasteiger partial charge in [-0.1, -0.05) is 30.3 Å². The molecule has 0 saturated heterocycles. The fourth-order valence-electron chi connectivity index (χ4n) is 1.59. The zero-order valence-electron chi connectivity index (χ0n) is 10.4. The van der Waals surface area contributed by atoms with E-state index < -0.39 is 0 Å². The van der Waals surface area contributed by atoms with Crippen molar-refractivity contribution in [2.24, 2.45) is 0 Å². The van der Waals surface area contributed by atoms with Gasteiger partial charge in [0, 0.05) is 6.42 Å². The Kier molecular flexibility index (Phi) is 7.07. The molecular weight excluding hydrogens is 214 g/mol. The first-order valence-electron chi connectivity index (χ1n) is 6.23. The highest BCUT2D eigenvalue weighted by Gasteiger charge is 2.00. The highest BCUT2D eigenvalue weighted by atomic mass is 16.5. The van der Waals surface area contributed by atoms with E-state index in [0.29, 0.717) is 13.0 Å². The van der Waals surface area contributed by atoms with Crippen molar-refractivity contribution >= 4 is 5.97 Å². The molecule has 1 aromatic carbocycles. The Labute approximate surface area is 103 Å². The van der Waals surface area contributed by atoms with E-state index in [4.69, 9.17) is 4.74 Å². The van der Waals surface area contributed by atoms with Crippen LogP contribution in [0, 0.1) is 0 Å². The summed E-state index contributed by atoms with van der Waals surface area (Å²) < 4.78 is 4.85. The van der Waals surface area contributed by atoms with E-state index in [1.54, 1.807) is 0 Å². The number of benzene rings is 1. The number of carbonyl (C=O) groups excluding carboxylic acids is 1. The molecule has 0 heterocycles. The van der Waals surface area contributed by atoms with Crippen LogP contribution in [0.1, 0.15) is 25.3 Å². The van der Waals surface area contributed by atoms with E-state index >= 15 is 0 Å². The molecule has 94 valence electrons. The van der Waals surface area contributed by atoms with Crippen LogP contribution in [0.2, 0.25) is 0 Å². The van der Waals surface area contributed by atoms with Crippen LogP contribution in [-0.2, 0) is 16.0 Å². The van der Waals surface area contributed by atoms with Crippen molar-refractivity contribution in [1.82, 2.24) is 5.32 Å². The second kappa shape index (κ2) is 8.76. The molecule has 0 spiro atoms. The predicted molar refractivity (Wildman–Crippen MR) is 68.9 cm³/mol. The number of hydrogen-bond acceptors (Lipinski definition) is 3. The third-order valence-corrected chi connectivity index (χ3v) is 2.47. The van der Waals surface area contributed by atoms with Crippen molar-refractivity contribution in [3.8, 4) is 0 Å². The van der Waals surface area contributed by atoms with Gasteiger partial charge in [-0.15, -0.1) is 0 Å². The zero-order valence-corrected chi connectivity index (χ0v) is 10.4. The van der Waals surface area contributed by atoms with E-state index in [1.165, 1.54) is 5.56 Å². The summed E-state index contributed by atoms with van der Waals surface area (Å²) in [5, 5.41) is 3.32. The van der Waals surface area contributed by atoms with E-state index in [2.05, 4.69) is 29.6 Å². The van der Waals surface area contributed by atoms with Gasteiger partial charge in [-0.3, -0.25) is 4.79 Å². The van der Waals surface area contributed by atoms with Crippen LogP contribution >= 0.6 is 0 Å². The molecule has 0 saturated carbocycles. The fourth-order valence-corrected chi connectivity index (χ4v) is 1.59. The van der Waals surface area contributed by atoms with Gasteiger partial charge >= 0.3 is 5.97 Å². The molecule has 0 aliphatic rings. The summed E-state index contributed by atoms with van der Waals surface area (Å²) in [6.07, 6.45) is 2.38. The molecule has 0 aromatic heterocycles. The van der Waals surface area contributed by atoms with Crippen molar-refractivity contribution < 1.29 is 9.53 Å². The number of nitrogens with one attached hydrogen (secondary N) is 1. The Morgan fingerprint density at radius 2 is 2.00 bits per heavy atom. The second-order valence-corrected chi connectivity index (χ2v) is 3.89. The van der Waals surface area contributed by atoms with Gasteiger partial charge in [-0.05, 0) is 38.4 Å². The summed E-state index contributed by atoms with van der Waals surface area (Å²) in [5.41, 5.74) is 1.34. The van der Waals surface area contributed by atoms with Gasteiger partial charge in [0.15, 0.2) is 0 Å². The lowest BCUT2D eigenvalue weighted by atomic mass is 10.1. The number of carbonyl (C=O) groups is 1. The lowest BCUT2D eigenvalue weighted by Crippen LogP contribution is -2.19. The molecule has 0 radical (unpaired) electrons. The number of esters is 1. The highest BCUT2D eigenvalue weighted by Crippen LogP contribution is 1.98. The largest absolute Gasteiger partial charge is 0.466 e. The van der Waals surface area contributed by atoms with Gasteiger partial charge in [0.2, 0.25) is 0 Å². The standard InChI is InChI=1S/C14H21NO2/c1-2-17-14(16)9-6-11-15-12-10-13-7-4-3-5-8-13/h3-5,7-8,15H,2,6,9-12H2,1H3. The third kappa shape index (κ3) is 6.74. The van der Waals surface area contributed by atoms with E-state index in [-0.39, 0.29) is 5.97 Å².